The number of nitrogens with one attached hydrogen (secondary N) is 1. The molecule has 0 bridgehead atoms. The maximum atomic E-state index is 5.54. The molecule has 0 saturated carbocycles. The van der Waals surface area contributed by atoms with Gasteiger partial charge in [-0.25, -0.2) is 4.98 Å². The molecular formula is C12H12N4O. The van der Waals surface area contributed by atoms with Crippen molar-refractivity contribution in [2.45, 2.75) is 13.8 Å². The minimum atomic E-state index is 0.193. The zero-order valence-electron chi connectivity index (χ0n) is 9.61. The van der Waals surface area contributed by atoms with Gasteiger partial charge in [0.1, 0.15) is 5.82 Å². The van der Waals surface area contributed by atoms with E-state index in [1.54, 1.807) is 0 Å². The Morgan fingerprint density at radius 1 is 1.24 bits per heavy atom. The van der Waals surface area contributed by atoms with E-state index in [2.05, 4.69) is 15.0 Å². The molecule has 0 aliphatic heterocycles. The van der Waals surface area contributed by atoms with Crippen molar-refractivity contribution >= 4 is 17.0 Å². The molecule has 0 unspecified atom stereocenters. The molecule has 0 saturated heterocycles. The number of benzene rings is 1. The molecule has 0 atom stereocenters. The Balaban J connectivity index is 2.20. The van der Waals surface area contributed by atoms with Crippen LogP contribution >= 0.6 is 0 Å². The fourth-order valence-corrected chi connectivity index (χ4v) is 1.96. The van der Waals surface area contributed by atoms with E-state index in [9.17, 15) is 0 Å². The summed E-state index contributed by atoms with van der Waals surface area (Å²) in [6.45, 7) is 3.80. The van der Waals surface area contributed by atoms with Gasteiger partial charge in [-0.05, 0) is 32.0 Å². The SMILES string of the molecule is Cc1nc2ccc(-c3oc(N)nc3C)cc2[nH]1. The van der Waals surface area contributed by atoms with E-state index in [0.717, 1.165) is 28.1 Å². The van der Waals surface area contributed by atoms with Gasteiger partial charge in [-0.3, -0.25) is 0 Å². The zero-order chi connectivity index (χ0) is 12.0. The molecule has 1 aromatic carbocycles. The Kier molecular flexibility index (Phi) is 1.95. The topological polar surface area (TPSA) is 80.7 Å². The van der Waals surface area contributed by atoms with Gasteiger partial charge in [0, 0.05) is 5.56 Å². The van der Waals surface area contributed by atoms with Crippen LogP contribution in [0.3, 0.4) is 0 Å². The molecular weight excluding hydrogens is 216 g/mol. The van der Waals surface area contributed by atoms with Crippen LogP contribution in [-0.4, -0.2) is 15.0 Å². The summed E-state index contributed by atoms with van der Waals surface area (Å²) >= 11 is 0. The summed E-state index contributed by atoms with van der Waals surface area (Å²) in [6.07, 6.45) is 0. The number of imidazole rings is 1. The maximum absolute atomic E-state index is 5.54. The lowest BCUT2D eigenvalue weighted by Gasteiger charge is -1.97. The van der Waals surface area contributed by atoms with E-state index in [0.29, 0.717) is 5.76 Å². The Bertz CT molecular complexity index is 696. The van der Waals surface area contributed by atoms with Gasteiger partial charge in [0.15, 0.2) is 5.76 Å². The molecule has 0 spiro atoms. The van der Waals surface area contributed by atoms with Crippen LogP contribution in [0.15, 0.2) is 22.6 Å². The number of hydrogen-bond donors (Lipinski definition) is 2. The first-order chi connectivity index (χ1) is 8.13. The summed E-state index contributed by atoms with van der Waals surface area (Å²) in [6, 6.07) is 6.09. The highest BCUT2D eigenvalue weighted by Gasteiger charge is 2.11. The van der Waals surface area contributed by atoms with Gasteiger partial charge >= 0.3 is 0 Å². The van der Waals surface area contributed by atoms with Crippen LogP contribution in [0.2, 0.25) is 0 Å². The Hall–Kier alpha value is -2.30. The highest BCUT2D eigenvalue weighted by Crippen LogP contribution is 2.27. The lowest BCUT2D eigenvalue weighted by Crippen LogP contribution is -1.81. The number of aryl methyl sites for hydroxylation is 2. The van der Waals surface area contributed by atoms with E-state index in [1.165, 1.54) is 0 Å². The predicted molar refractivity (Wildman–Crippen MR) is 65.5 cm³/mol. The zero-order valence-corrected chi connectivity index (χ0v) is 9.61. The molecule has 3 rings (SSSR count). The van der Waals surface area contributed by atoms with Crippen molar-refractivity contribution in [3.05, 3.63) is 29.7 Å². The molecule has 2 heterocycles. The van der Waals surface area contributed by atoms with Crippen molar-refractivity contribution in [2.75, 3.05) is 5.73 Å². The largest absolute Gasteiger partial charge is 0.423 e. The Morgan fingerprint density at radius 3 is 2.76 bits per heavy atom. The van der Waals surface area contributed by atoms with Gasteiger partial charge in [0.2, 0.25) is 0 Å². The molecule has 0 radical (unpaired) electrons. The molecule has 0 aliphatic rings. The number of rotatable bonds is 1. The number of nitrogens with two attached hydrogens (primary N) is 1. The lowest BCUT2D eigenvalue weighted by atomic mass is 10.1. The van der Waals surface area contributed by atoms with Crippen LogP contribution in [0.4, 0.5) is 6.01 Å². The third kappa shape index (κ3) is 1.56. The van der Waals surface area contributed by atoms with Crippen LogP contribution in [0, 0.1) is 13.8 Å². The number of fused-ring (bicyclic) bond motifs is 1. The van der Waals surface area contributed by atoms with Crippen LogP contribution in [0.25, 0.3) is 22.4 Å². The lowest BCUT2D eigenvalue weighted by molar-refractivity contribution is 0.594. The quantitative estimate of drug-likeness (QED) is 0.670. The van der Waals surface area contributed by atoms with E-state index >= 15 is 0 Å². The summed E-state index contributed by atoms with van der Waals surface area (Å²) in [5.74, 6) is 1.60. The maximum Gasteiger partial charge on any atom is 0.292 e. The van der Waals surface area contributed by atoms with Gasteiger partial charge in [-0.2, -0.15) is 4.98 Å². The third-order valence-electron chi connectivity index (χ3n) is 2.68. The van der Waals surface area contributed by atoms with Gasteiger partial charge < -0.3 is 15.1 Å². The second kappa shape index (κ2) is 3.35. The Morgan fingerprint density at radius 2 is 2.06 bits per heavy atom. The standard InChI is InChI=1S/C12H12N4O/c1-6-11(17-12(13)14-6)8-3-4-9-10(5-8)16-7(2)15-9/h3-5H,1-2H3,(H2,13,14)(H,15,16). The van der Waals surface area contributed by atoms with Crippen molar-refractivity contribution in [1.82, 2.24) is 15.0 Å². The van der Waals surface area contributed by atoms with Gasteiger partial charge in [0.25, 0.3) is 6.01 Å². The number of aromatic amines is 1. The van der Waals surface area contributed by atoms with Crippen LogP contribution in [-0.2, 0) is 0 Å². The van der Waals surface area contributed by atoms with Crippen molar-refractivity contribution in [1.29, 1.82) is 0 Å². The number of hydrogen-bond acceptors (Lipinski definition) is 4. The summed E-state index contributed by atoms with van der Waals surface area (Å²) < 4.78 is 5.39. The van der Waals surface area contributed by atoms with Gasteiger partial charge in [0.05, 0.1) is 16.7 Å². The fourth-order valence-electron chi connectivity index (χ4n) is 1.96. The number of H-pyrrole nitrogens is 1. The first-order valence-corrected chi connectivity index (χ1v) is 5.33. The van der Waals surface area contributed by atoms with Gasteiger partial charge in [-0.15, -0.1) is 0 Å². The molecule has 5 nitrogen and oxygen atoms in total. The predicted octanol–water partition coefficient (Wildman–Crippen LogP) is 2.42. The second-order valence-electron chi connectivity index (χ2n) is 4.02. The highest BCUT2D eigenvalue weighted by molar-refractivity contribution is 5.81. The molecule has 2 aromatic heterocycles. The van der Waals surface area contributed by atoms with Crippen molar-refractivity contribution in [3.8, 4) is 11.3 Å². The molecule has 3 aromatic rings. The number of nitrogens with zero attached hydrogens (tertiary/aromatic N) is 2. The summed E-state index contributed by atoms with van der Waals surface area (Å²) in [7, 11) is 0. The molecule has 0 fully saturated rings. The van der Waals surface area contributed by atoms with E-state index in [-0.39, 0.29) is 6.01 Å². The summed E-state index contributed by atoms with van der Waals surface area (Å²) in [5, 5.41) is 0. The summed E-state index contributed by atoms with van der Waals surface area (Å²) in [5.41, 5.74) is 9.19. The third-order valence-corrected chi connectivity index (χ3v) is 2.68. The molecule has 17 heavy (non-hydrogen) atoms. The summed E-state index contributed by atoms with van der Waals surface area (Å²) in [4.78, 5) is 11.6. The van der Waals surface area contributed by atoms with E-state index in [1.807, 2.05) is 32.0 Å². The molecule has 86 valence electrons. The highest BCUT2D eigenvalue weighted by atomic mass is 16.4. The Labute approximate surface area is 97.7 Å². The minimum Gasteiger partial charge on any atom is -0.423 e. The van der Waals surface area contributed by atoms with Crippen LogP contribution < -0.4 is 5.73 Å². The normalized spacial score (nSPS) is 11.2. The first kappa shape index (κ1) is 9.89. The van der Waals surface area contributed by atoms with Crippen LogP contribution in [0.1, 0.15) is 11.5 Å². The van der Waals surface area contributed by atoms with E-state index in [4.69, 9.17) is 10.2 Å². The van der Waals surface area contributed by atoms with E-state index < -0.39 is 0 Å². The number of anilines is 1. The van der Waals surface area contributed by atoms with Crippen molar-refractivity contribution in [3.63, 3.8) is 0 Å². The monoisotopic (exact) mass is 228 g/mol. The number of aromatic nitrogens is 3. The number of oxazole rings is 1. The van der Waals surface area contributed by atoms with Crippen molar-refractivity contribution in [2.24, 2.45) is 0 Å². The van der Waals surface area contributed by atoms with Crippen molar-refractivity contribution < 1.29 is 4.42 Å². The second-order valence-corrected chi connectivity index (χ2v) is 4.02. The number of nitrogen functional groups attached to an aromatic ring is 1. The average molecular weight is 228 g/mol. The first-order valence-electron chi connectivity index (χ1n) is 5.33. The fraction of sp³-hybridized carbons (Fsp3) is 0.167. The van der Waals surface area contributed by atoms with Gasteiger partial charge in [-0.1, -0.05) is 0 Å². The smallest absolute Gasteiger partial charge is 0.292 e. The minimum absolute atomic E-state index is 0.193. The molecule has 0 amide bonds. The molecule has 5 heteroatoms. The van der Waals surface area contributed by atoms with Crippen LogP contribution in [0.5, 0.6) is 0 Å². The molecule has 3 N–H and O–H groups in total. The average Bonchev–Trinajstić information content (AvgIpc) is 2.78. The molecule has 0 aliphatic carbocycles.